The van der Waals surface area contributed by atoms with Crippen molar-refractivity contribution in [1.29, 1.82) is 0 Å². The fourth-order valence-electron chi connectivity index (χ4n) is 2.86. The van der Waals surface area contributed by atoms with Crippen molar-refractivity contribution in [2.45, 2.75) is 44.9 Å². The molecule has 3 atom stereocenters. The molecule has 108 valence electrons. The number of amides is 1. The van der Waals surface area contributed by atoms with E-state index in [1.54, 1.807) is 4.90 Å². The molecule has 2 rings (SSSR count). The van der Waals surface area contributed by atoms with Gasteiger partial charge in [-0.05, 0) is 27.2 Å². The van der Waals surface area contributed by atoms with Gasteiger partial charge in [-0.1, -0.05) is 0 Å². The van der Waals surface area contributed by atoms with Crippen molar-refractivity contribution in [2.75, 3.05) is 20.2 Å². The highest BCUT2D eigenvalue weighted by Gasteiger charge is 2.51. The van der Waals surface area contributed by atoms with Crippen LogP contribution in [-0.2, 0) is 14.3 Å². The molecule has 2 heterocycles. The molecule has 0 aliphatic carbocycles. The number of carbonyl (C=O) groups is 2. The second kappa shape index (κ2) is 5.00. The Morgan fingerprint density at radius 1 is 1.26 bits per heavy atom. The standard InChI is InChI=1S/C13H22N2O4/c1-13(2,3)19-12(17)15-9-5-8(6-14-7-9)10(15)11(16)18-4/h8-10,14H,5-7H2,1-4H3/t8-,9+,10+/m1/s1. The molecule has 0 spiro atoms. The van der Waals surface area contributed by atoms with Crippen molar-refractivity contribution < 1.29 is 19.1 Å². The molecule has 0 unspecified atom stereocenters. The Balaban J connectivity index is 2.20. The largest absolute Gasteiger partial charge is 0.467 e. The molecule has 0 aromatic heterocycles. The number of rotatable bonds is 1. The summed E-state index contributed by atoms with van der Waals surface area (Å²) < 4.78 is 10.2. The van der Waals surface area contributed by atoms with E-state index in [0.29, 0.717) is 6.54 Å². The third-order valence-corrected chi connectivity index (χ3v) is 3.55. The quantitative estimate of drug-likeness (QED) is 0.712. The molecule has 0 saturated carbocycles. The predicted molar refractivity (Wildman–Crippen MR) is 68.6 cm³/mol. The number of hydrogen-bond acceptors (Lipinski definition) is 5. The third kappa shape index (κ3) is 2.83. The van der Waals surface area contributed by atoms with Crippen LogP contribution in [0.25, 0.3) is 0 Å². The number of nitrogens with one attached hydrogen (secondary N) is 1. The summed E-state index contributed by atoms with van der Waals surface area (Å²) in [6.45, 7) is 6.88. The van der Waals surface area contributed by atoms with Gasteiger partial charge in [-0.15, -0.1) is 0 Å². The van der Waals surface area contributed by atoms with Crippen LogP contribution in [-0.4, -0.2) is 54.8 Å². The van der Waals surface area contributed by atoms with E-state index >= 15 is 0 Å². The van der Waals surface area contributed by atoms with E-state index in [9.17, 15) is 9.59 Å². The van der Waals surface area contributed by atoms with Gasteiger partial charge in [0.1, 0.15) is 11.6 Å². The van der Waals surface area contributed by atoms with Gasteiger partial charge < -0.3 is 14.8 Å². The van der Waals surface area contributed by atoms with Gasteiger partial charge in [0, 0.05) is 25.0 Å². The molecule has 6 nitrogen and oxygen atoms in total. The lowest BCUT2D eigenvalue weighted by Gasteiger charge is -2.30. The lowest BCUT2D eigenvalue weighted by Crippen LogP contribution is -2.49. The van der Waals surface area contributed by atoms with Crippen LogP contribution in [0, 0.1) is 5.92 Å². The van der Waals surface area contributed by atoms with Crippen LogP contribution in [0.2, 0.25) is 0 Å². The first-order valence-corrected chi connectivity index (χ1v) is 6.63. The monoisotopic (exact) mass is 270 g/mol. The lowest BCUT2D eigenvalue weighted by molar-refractivity contribution is -0.147. The number of methoxy groups -OCH3 is 1. The minimum atomic E-state index is -0.568. The summed E-state index contributed by atoms with van der Waals surface area (Å²) >= 11 is 0. The first-order chi connectivity index (χ1) is 8.83. The second-order valence-electron chi connectivity index (χ2n) is 6.16. The molecule has 2 saturated heterocycles. The molecule has 1 N–H and O–H groups in total. The Kier molecular flexibility index (Phi) is 3.71. The highest BCUT2D eigenvalue weighted by Crippen LogP contribution is 2.34. The van der Waals surface area contributed by atoms with Gasteiger partial charge in [0.25, 0.3) is 0 Å². The minimum absolute atomic E-state index is 0.0118. The van der Waals surface area contributed by atoms with Crippen LogP contribution < -0.4 is 5.32 Å². The minimum Gasteiger partial charge on any atom is -0.467 e. The Morgan fingerprint density at radius 3 is 2.53 bits per heavy atom. The van der Waals surface area contributed by atoms with Gasteiger partial charge in [-0.3, -0.25) is 4.90 Å². The number of carbonyl (C=O) groups excluding carboxylic acids is 2. The van der Waals surface area contributed by atoms with E-state index in [0.717, 1.165) is 13.0 Å². The molecule has 0 aromatic rings. The van der Waals surface area contributed by atoms with Crippen LogP contribution in [0.5, 0.6) is 0 Å². The highest BCUT2D eigenvalue weighted by molar-refractivity contribution is 5.83. The molecule has 2 fully saturated rings. The fraction of sp³-hybridized carbons (Fsp3) is 0.846. The van der Waals surface area contributed by atoms with Gasteiger partial charge in [0.2, 0.25) is 0 Å². The molecule has 19 heavy (non-hydrogen) atoms. The van der Waals surface area contributed by atoms with Crippen LogP contribution >= 0.6 is 0 Å². The van der Waals surface area contributed by atoms with E-state index < -0.39 is 17.7 Å². The van der Waals surface area contributed by atoms with Crippen LogP contribution in [0.3, 0.4) is 0 Å². The van der Waals surface area contributed by atoms with Gasteiger partial charge in [-0.25, -0.2) is 9.59 Å². The normalized spacial score (nSPS) is 30.1. The molecule has 0 radical (unpaired) electrons. The zero-order chi connectivity index (χ0) is 14.2. The van der Waals surface area contributed by atoms with E-state index in [1.165, 1.54) is 7.11 Å². The maximum absolute atomic E-state index is 12.3. The summed E-state index contributed by atoms with van der Waals surface area (Å²) in [5.41, 5.74) is -0.568. The predicted octanol–water partition coefficient (Wildman–Crippen LogP) is 0.757. The topological polar surface area (TPSA) is 67.9 Å². The Labute approximate surface area is 113 Å². The molecule has 1 amide bonds. The molecule has 2 aliphatic rings. The zero-order valence-electron chi connectivity index (χ0n) is 11.9. The summed E-state index contributed by atoms with van der Waals surface area (Å²) in [6.07, 6.45) is 0.394. The maximum atomic E-state index is 12.3. The highest BCUT2D eigenvalue weighted by atomic mass is 16.6. The average Bonchev–Trinajstić information content (AvgIpc) is 2.57. The Bertz CT molecular complexity index is 377. The first kappa shape index (κ1) is 14.1. The summed E-state index contributed by atoms with van der Waals surface area (Å²) in [6, 6.07) is -0.516. The van der Waals surface area contributed by atoms with Crippen LogP contribution in [0.15, 0.2) is 0 Å². The molecule has 0 aromatic carbocycles. The molecular formula is C13H22N2O4. The van der Waals surface area contributed by atoms with Crippen molar-refractivity contribution in [2.24, 2.45) is 5.92 Å². The van der Waals surface area contributed by atoms with E-state index in [2.05, 4.69) is 5.32 Å². The molecule has 2 aliphatic heterocycles. The SMILES string of the molecule is COC(=O)[C@@H]1[C@H]2CNC[C@H](C2)N1C(=O)OC(C)(C)C. The number of fused-ring (bicyclic) bond motifs is 2. The van der Waals surface area contributed by atoms with E-state index in [4.69, 9.17) is 9.47 Å². The van der Waals surface area contributed by atoms with Gasteiger partial charge in [0.15, 0.2) is 0 Å². The number of likely N-dealkylation sites (tertiary alicyclic amines) is 1. The summed E-state index contributed by atoms with van der Waals surface area (Å²) in [5.74, 6) is -0.249. The fourth-order valence-corrected chi connectivity index (χ4v) is 2.86. The van der Waals surface area contributed by atoms with Crippen molar-refractivity contribution in [3.05, 3.63) is 0 Å². The van der Waals surface area contributed by atoms with Crippen LogP contribution in [0.4, 0.5) is 4.79 Å². The molecular weight excluding hydrogens is 248 g/mol. The first-order valence-electron chi connectivity index (χ1n) is 6.63. The van der Waals surface area contributed by atoms with E-state index in [1.807, 2.05) is 20.8 Å². The summed E-state index contributed by atoms with van der Waals surface area (Å²) in [7, 11) is 1.35. The molecule has 2 bridgehead atoms. The Hall–Kier alpha value is -1.30. The van der Waals surface area contributed by atoms with Crippen molar-refractivity contribution in [3.8, 4) is 0 Å². The molecule has 6 heteroatoms. The average molecular weight is 270 g/mol. The summed E-state index contributed by atoms with van der Waals surface area (Å²) in [5, 5.41) is 3.25. The van der Waals surface area contributed by atoms with E-state index in [-0.39, 0.29) is 17.9 Å². The third-order valence-electron chi connectivity index (χ3n) is 3.55. The van der Waals surface area contributed by atoms with Crippen molar-refractivity contribution in [1.82, 2.24) is 10.2 Å². The number of esters is 1. The number of piperidine rings is 1. The smallest absolute Gasteiger partial charge is 0.411 e. The maximum Gasteiger partial charge on any atom is 0.411 e. The zero-order valence-corrected chi connectivity index (χ0v) is 11.9. The van der Waals surface area contributed by atoms with Gasteiger partial charge in [-0.2, -0.15) is 0 Å². The van der Waals surface area contributed by atoms with Crippen molar-refractivity contribution >= 4 is 12.1 Å². The number of hydrogen-bond donors (Lipinski definition) is 1. The van der Waals surface area contributed by atoms with Crippen LogP contribution in [0.1, 0.15) is 27.2 Å². The van der Waals surface area contributed by atoms with Gasteiger partial charge >= 0.3 is 12.1 Å². The van der Waals surface area contributed by atoms with Crippen molar-refractivity contribution in [3.63, 3.8) is 0 Å². The summed E-state index contributed by atoms with van der Waals surface area (Å²) in [4.78, 5) is 25.8. The second-order valence-corrected chi connectivity index (χ2v) is 6.16. The number of nitrogens with zero attached hydrogens (tertiary/aromatic N) is 1. The van der Waals surface area contributed by atoms with Gasteiger partial charge in [0.05, 0.1) is 7.11 Å². The number of ether oxygens (including phenoxy) is 2. The lowest BCUT2D eigenvalue weighted by atomic mass is 9.96. The Morgan fingerprint density at radius 2 is 1.95 bits per heavy atom.